The minimum Gasteiger partial charge on any atom is -0.497 e. The van der Waals surface area contributed by atoms with E-state index < -0.39 is 17.0 Å². The Morgan fingerprint density at radius 1 is 1.11 bits per heavy atom. The highest BCUT2D eigenvalue weighted by Gasteiger charge is 2.22. The van der Waals surface area contributed by atoms with Gasteiger partial charge >= 0.3 is 6.03 Å². The molecule has 2 N–H and O–H groups in total. The van der Waals surface area contributed by atoms with Crippen LogP contribution in [-0.4, -0.2) is 32.8 Å². The van der Waals surface area contributed by atoms with Crippen LogP contribution in [0.25, 0.3) is 5.69 Å². The van der Waals surface area contributed by atoms with Crippen molar-refractivity contribution >= 4 is 29.2 Å². The van der Waals surface area contributed by atoms with Gasteiger partial charge < -0.3 is 15.4 Å². The molecule has 0 aliphatic heterocycles. The molecule has 37 heavy (non-hydrogen) atoms. The summed E-state index contributed by atoms with van der Waals surface area (Å²) >= 11 is 1.49. The second kappa shape index (κ2) is 11.6. The molecule has 0 aliphatic carbocycles. The normalized spacial score (nSPS) is 11.5. The summed E-state index contributed by atoms with van der Waals surface area (Å²) in [6.45, 7) is 3.83. The van der Waals surface area contributed by atoms with E-state index in [-0.39, 0.29) is 5.69 Å². The molecule has 0 saturated carbocycles. The molecule has 1 atom stereocenters. The minimum absolute atomic E-state index is 0.0174. The van der Waals surface area contributed by atoms with Crippen LogP contribution in [0.15, 0.2) is 78.0 Å². The van der Waals surface area contributed by atoms with E-state index in [2.05, 4.69) is 26.9 Å². The number of nitro groups is 1. The molecule has 2 amide bonds. The lowest BCUT2D eigenvalue weighted by Gasteiger charge is -2.17. The molecule has 4 aromatic rings. The maximum absolute atomic E-state index is 12.7. The second-order valence-electron chi connectivity index (χ2n) is 8.28. The first-order valence-corrected chi connectivity index (χ1v) is 12.4. The van der Waals surface area contributed by atoms with Gasteiger partial charge in [0.1, 0.15) is 5.75 Å². The number of hydrogen-bond donors (Lipinski definition) is 2. The molecule has 0 aliphatic rings. The largest absolute Gasteiger partial charge is 0.497 e. The Bertz CT molecular complexity index is 1410. The van der Waals surface area contributed by atoms with Crippen molar-refractivity contribution in [3.8, 4) is 11.4 Å². The first kappa shape index (κ1) is 25.7. The summed E-state index contributed by atoms with van der Waals surface area (Å²) in [5.41, 5.74) is 3.51. The molecule has 3 aromatic carbocycles. The van der Waals surface area contributed by atoms with Crippen molar-refractivity contribution < 1.29 is 14.5 Å². The average molecular weight is 519 g/mol. The number of carbonyl (C=O) groups excluding carboxylic acids is 1. The number of aryl methyl sites for hydroxylation is 1. The number of thioether (sulfide) groups is 1. The molecule has 190 valence electrons. The van der Waals surface area contributed by atoms with E-state index in [9.17, 15) is 14.9 Å². The zero-order chi connectivity index (χ0) is 26.4. The second-order valence-corrected chi connectivity index (χ2v) is 9.22. The number of urea groups is 1. The predicted octanol–water partition coefficient (Wildman–Crippen LogP) is 5.67. The van der Waals surface area contributed by atoms with Gasteiger partial charge in [0.05, 0.1) is 18.1 Å². The predicted molar refractivity (Wildman–Crippen MR) is 142 cm³/mol. The van der Waals surface area contributed by atoms with Crippen molar-refractivity contribution in [1.82, 2.24) is 20.1 Å². The molecular formula is C26H26N6O4S. The zero-order valence-corrected chi connectivity index (χ0v) is 21.4. The molecule has 0 bridgehead atoms. The summed E-state index contributed by atoms with van der Waals surface area (Å²) < 4.78 is 7.01. The number of nitrogens with one attached hydrogen (secondary N) is 2. The molecular weight excluding hydrogens is 492 g/mol. The average Bonchev–Trinajstić information content (AvgIpc) is 3.32. The van der Waals surface area contributed by atoms with Crippen LogP contribution in [-0.2, 0) is 5.75 Å². The van der Waals surface area contributed by atoms with Crippen LogP contribution in [0.3, 0.4) is 0 Å². The number of nitrogens with zero attached hydrogens (tertiary/aromatic N) is 4. The molecule has 10 nitrogen and oxygen atoms in total. The fourth-order valence-electron chi connectivity index (χ4n) is 3.70. The summed E-state index contributed by atoms with van der Waals surface area (Å²) in [6, 6.07) is 20.4. The highest BCUT2D eigenvalue weighted by Crippen LogP contribution is 2.29. The van der Waals surface area contributed by atoms with Crippen LogP contribution in [0.5, 0.6) is 5.75 Å². The molecule has 0 spiro atoms. The number of carbonyl (C=O) groups is 1. The highest BCUT2D eigenvalue weighted by atomic mass is 32.2. The molecule has 0 radical (unpaired) electrons. The van der Waals surface area contributed by atoms with Crippen molar-refractivity contribution in [2.45, 2.75) is 30.8 Å². The molecule has 0 saturated heterocycles. The Labute approximate surface area is 218 Å². The third-order valence-corrected chi connectivity index (χ3v) is 6.49. The van der Waals surface area contributed by atoms with Gasteiger partial charge in [-0.2, -0.15) is 0 Å². The number of hydrogen-bond acceptors (Lipinski definition) is 7. The number of methoxy groups -OCH3 is 1. The summed E-state index contributed by atoms with van der Waals surface area (Å²) in [5, 5.41) is 26.2. The van der Waals surface area contributed by atoms with E-state index in [1.54, 1.807) is 55.0 Å². The van der Waals surface area contributed by atoms with E-state index >= 15 is 0 Å². The highest BCUT2D eigenvalue weighted by molar-refractivity contribution is 7.98. The number of nitro benzene ring substituents is 1. The standard InChI is InChI=1S/C26H26N6O4S/c1-17-6-4-7-19(14-17)16-37-26-30-29-24(31(26)21-10-12-22(13-11-21)32(34)35)18(2)27-25(33)28-20-8-5-9-23(15-20)36-3/h4-15,18H,16H2,1-3H3,(H2,27,28,33). The fraction of sp³-hybridized carbons (Fsp3) is 0.192. The van der Waals surface area contributed by atoms with Gasteiger partial charge in [-0.15, -0.1) is 10.2 Å². The third kappa shape index (κ3) is 6.44. The first-order valence-electron chi connectivity index (χ1n) is 11.4. The monoisotopic (exact) mass is 518 g/mol. The van der Waals surface area contributed by atoms with Crippen molar-refractivity contribution in [3.63, 3.8) is 0 Å². The van der Waals surface area contributed by atoms with Gasteiger partial charge in [0, 0.05) is 35.3 Å². The number of amides is 2. The SMILES string of the molecule is COc1cccc(NC(=O)NC(C)c2nnc(SCc3cccc(C)c3)n2-c2ccc([N+](=O)[O-])cc2)c1. The van der Waals surface area contributed by atoms with Crippen LogP contribution in [0.2, 0.25) is 0 Å². The molecule has 1 aromatic heterocycles. The quantitative estimate of drug-likeness (QED) is 0.166. The topological polar surface area (TPSA) is 124 Å². The number of rotatable bonds is 9. The third-order valence-electron chi connectivity index (χ3n) is 5.49. The lowest BCUT2D eigenvalue weighted by molar-refractivity contribution is -0.384. The lowest BCUT2D eigenvalue weighted by Crippen LogP contribution is -2.32. The Balaban J connectivity index is 1.58. The van der Waals surface area contributed by atoms with Gasteiger partial charge in [-0.25, -0.2) is 4.79 Å². The molecule has 1 heterocycles. The van der Waals surface area contributed by atoms with Gasteiger partial charge in [0.25, 0.3) is 5.69 Å². The summed E-state index contributed by atoms with van der Waals surface area (Å²) in [7, 11) is 1.56. The van der Waals surface area contributed by atoms with Crippen LogP contribution >= 0.6 is 11.8 Å². The maximum Gasteiger partial charge on any atom is 0.319 e. The summed E-state index contributed by atoms with van der Waals surface area (Å²) in [5.74, 6) is 1.77. The van der Waals surface area contributed by atoms with Crippen molar-refractivity contribution in [2.24, 2.45) is 0 Å². The molecule has 4 rings (SSSR count). The number of benzene rings is 3. The van der Waals surface area contributed by atoms with E-state index in [1.165, 1.54) is 23.9 Å². The fourth-order valence-corrected chi connectivity index (χ4v) is 4.60. The van der Waals surface area contributed by atoms with E-state index in [4.69, 9.17) is 4.74 Å². The van der Waals surface area contributed by atoms with E-state index in [1.807, 2.05) is 25.1 Å². The number of aromatic nitrogens is 3. The smallest absolute Gasteiger partial charge is 0.319 e. The van der Waals surface area contributed by atoms with Crippen LogP contribution in [0, 0.1) is 17.0 Å². The molecule has 0 fully saturated rings. The van der Waals surface area contributed by atoms with E-state index in [0.29, 0.717) is 33.9 Å². The zero-order valence-electron chi connectivity index (χ0n) is 20.5. The molecule has 1 unspecified atom stereocenters. The summed E-state index contributed by atoms with van der Waals surface area (Å²) in [4.78, 5) is 23.4. The Morgan fingerprint density at radius 3 is 2.57 bits per heavy atom. The van der Waals surface area contributed by atoms with Crippen molar-refractivity contribution in [3.05, 3.63) is 99.9 Å². The van der Waals surface area contributed by atoms with Crippen molar-refractivity contribution in [2.75, 3.05) is 12.4 Å². The Morgan fingerprint density at radius 2 is 1.86 bits per heavy atom. The van der Waals surface area contributed by atoms with Crippen LogP contribution < -0.4 is 15.4 Å². The van der Waals surface area contributed by atoms with Crippen LogP contribution in [0.4, 0.5) is 16.2 Å². The molecule has 11 heteroatoms. The Hall–Kier alpha value is -4.38. The number of non-ortho nitro benzene ring substituents is 1. The van der Waals surface area contributed by atoms with Gasteiger partial charge in [-0.1, -0.05) is 47.7 Å². The lowest BCUT2D eigenvalue weighted by atomic mass is 10.2. The maximum atomic E-state index is 12.7. The van der Waals surface area contributed by atoms with Gasteiger partial charge in [-0.05, 0) is 43.7 Å². The Kier molecular flexibility index (Phi) is 8.04. The van der Waals surface area contributed by atoms with Crippen molar-refractivity contribution in [1.29, 1.82) is 0 Å². The number of anilines is 1. The van der Waals surface area contributed by atoms with Crippen LogP contribution in [0.1, 0.15) is 29.9 Å². The number of ether oxygens (including phenoxy) is 1. The van der Waals surface area contributed by atoms with Gasteiger partial charge in [0.15, 0.2) is 11.0 Å². The first-order chi connectivity index (χ1) is 17.8. The van der Waals surface area contributed by atoms with Gasteiger partial charge in [-0.3, -0.25) is 14.7 Å². The van der Waals surface area contributed by atoms with E-state index in [0.717, 1.165) is 11.1 Å². The minimum atomic E-state index is -0.526. The summed E-state index contributed by atoms with van der Waals surface area (Å²) in [6.07, 6.45) is 0. The van der Waals surface area contributed by atoms with Gasteiger partial charge in [0.2, 0.25) is 0 Å².